The molecule has 2 saturated heterocycles. The van der Waals surface area contributed by atoms with E-state index in [0.717, 1.165) is 25.7 Å². The monoisotopic (exact) mass is 371 g/mol. The van der Waals surface area contributed by atoms with Crippen molar-refractivity contribution in [3.63, 3.8) is 0 Å². The van der Waals surface area contributed by atoms with Crippen LogP contribution in [-0.2, 0) is 4.74 Å². The van der Waals surface area contributed by atoms with Gasteiger partial charge < -0.3 is 9.64 Å². The third kappa shape index (κ3) is 2.77. The number of hydrogen-bond donors (Lipinski definition) is 0. The topological polar surface area (TPSA) is 29.5 Å². The maximum atomic E-state index is 13.0. The number of benzene rings is 2. The molecule has 0 radical (unpaired) electrons. The van der Waals surface area contributed by atoms with Crippen molar-refractivity contribution < 1.29 is 9.53 Å². The van der Waals surface area contributed by atoms with Crippen LogP contribution in [0.15, 0.2) is 72.8 Å². The molecule has 0 N–H and O–H groups in total. The molecule has 2 unspecified atom stereocenters. The minimum Gasteiger partial charge on any atom is -0.448 e. The van der Waals surface area contributed by atoms with Crippen molar-refractivity contribution in [1.82, 2.24) is 4.90 Å². The number of piperidine rings is 1. The van der Waals surface area contributed by atoms with E-state index in [2.05, 4.69) is 61.2 Å². The van der Waals surface area contributed by atoms with Crippen molar-refractivity contribution in [2.45, 2.75) is 43.7 Å². The summed E-state index contributed by atoms with van der Waals surface area (Å²) in [6, 6.07) is 17.5. The van der Waals surface area contributed by atoms with Gasteiger partial charge in [-0.25, -0.2) is 4.79 Å². The van der Waals surface area contributed by atoms with Crippen molar-refractivity contribution in [1.29, 1.82) is 0 Å². The van der Waals surface area contributed by atoms with Gasteiger partial charge in [0.2, 0.25) is 0 Å². The predicted molar refractivity (Wildman–Crippen MR) is 111 cm³/mol. The Morgan fingerprint density at radius 1 is 1.00 bits per heavy atom. The number of fused-ring (bicyclic) bond motifs is 5. The van der Waals surface area contributed by atoms with Crippen molar-refractivity contribution in [3.05, 3.63) is 84.0 Å². The molecule has 28 heavy (non-hydrogen) atoms. The number of ether oxygens (including phenoxy) is 1. The molecular weight excluding hydrogens is 346 g/mol. The molecular formula is C25H25NO2. The molecule has 0 aromatic heterocycles. The van der Waals surface area contributed by atoms with Gasteiger partial charge in [-0.3, -0.25) is 0 Å². The first-order valence-electron chi connectivity index (χ1n) is 10.2. The van der Waals surface area contributed by atoms with E-state index in [1.165, 1.54) is 27.8 Å². The molecule has 5 rings (SSSR count). The summed E-state index contributed by atoms with van der Waals surface area (Å²) in [7, 11) is 0. The van der Waals surface area contributed by atoms with Gasteiger partial charge in [0.05, 0.1) is 0 Å². The van der Waals surface area contributed by atoms with E-state index < -0.39 is 0 Å². The Kier molecular flexibility index (Phi) is 4.31. The molecule has 0 spiro atoms. The molecule has 142 valence electrons. The van der Waals surface area contributed by atoms with Crippen LogP contribution in [0, 0.1) is 0 Å². The third-order valence-corrected chi connectivity index (χ3v) is 6.52. The first-order valence-corrected chi connectivity index (χ1v) is 10.2. The highest BCUT2D eigenvalue weighted by Gasteiger charge is 2.42. The van der Waals surface area contributed by atoms with E-state index in [-0.39, 0.29) is 24.1 Å². The summed E-state index contributed by atoms with van der Waals surface area (Å²) in [6.45, 7) is 4.21. The van der Waals surface area contributed by atoms with Crippen LogP contribution in [0.1, 0.15) is 42.7 Å². The highest BCUT2D eigenvalue weighted by Crippen LogP contribution is 2.45. The number of allylic oxidation sites excluding steroid dienone is 2. The number of nitrogens with zero attached hydrogens (tertiary/aromatic N) is 1. The molecule has 1 amide bonds. The minimum absolute atomic E-state index is 0.120. The number of amides is 1. The SMILES string of the molecule is C=CC=C1CC2CCC(C1)N2C(=O)OCC1c2ccccc2-c2ccccc21. The highest BCUT2D eigenvalue weighted by molar-refractivity contribution is 5.79. The van der Waals surface area contributed by atoms with Gasteiger partial charge in [-0.2, -0.15) is 0 Å². The summed E-state index contributed by atoms with van der Waals surface area (Å²) in [6.07, 6.45) is 7.87. The fourth-order valence-electron chi connectivity index (χ4n) is 5.32. The van der Waals surface area contributed by atoms with Crippen molar-refractivity contribution in [2.75, 3.05) is 6.61 Å². The van der Waals surface area contributed by atoms with E-state index in [4.69, 9.17) is 4.74 Å². The lowest BCUT2D eigenvalue weighted by molar-refractivity contribution is 0.0754. The molecule has 2 aliphatic heterocycles. The quantitative estimate of drug-likeness (QED) is 0.695. The average molecular weight is 371 g/mol. The molecule has 1 aliphatic carbocycles. The lowest BCUT2D eigenvalue weighted by atomic mass is 9.96. The van der Waals surface area contributed by atoms with Crippen LogP contribution in [0.5, 0.6) is 0 Å². The second-order valence-electron chi connectivity index (χ2n) is 8.07. The van der Waals surface area contributed by atoms with E-state index in [1.54, 1.807) is 0 Å². The minimum atomic E-state index is -0.146. The van der Waals surface area contributed by atoms with Gasteiger partial charge in [0, 0.05) is 18.0 Å². The lowest BCUT2D eigenvalue weighted by Crippen LogP contribution is -2.45. The molecule has 3 heteroatoms. The summed E-state index contributed by atoms with van der Waals surface area (Å²) in [4.78, 5) is 15.0. The van der Waals surface area contributed by atoms with Crippen LogP contribution in [-0.4, -0.2) is 29.7 Å². The van der Waals surface area contributed by atoms with E-state index in [1.807, 2.05) is 11.0 Å². The molecule has 2 aromatic rings. The van der Waals surface area contributed by atoms with Crippen LogP contribution < -0.4 is 0 Å². The Balaban J connectivity index is 1.33. The highest BCUT2D eigenvalue weighted by atomic mass is 16.6. The van der Waals surface area contributed by atoms with Crippen molar-refractivity contribution in [2.24, 2.45) is 0 Å². The predicted octanol–water partition coefficient (Wildman–Crippen LogP) is 5.67. The van der Waals surface area contributed by atoms with Crippen LogP contribution in [0.3, 0.4) is 0 Å². The Bertz CT molecular complexity index is 899. The van der Waals surface area contributed by atoms with Gasteiger partial charge in [-0.1, -0.05) is 72.8 Å². The van der Waals surface area contributed by atoms with Crippen LogP contribution in [0.2, 0.25) is 0 Å². The first kappa shape index (κ1) is 17.3. The first-order chi connectivity index (χ1) is 13.8. The summed E-state index contributed by atoms with van der Waals surface area (Å²) < 4.78 is 5.90. The number of hydrogen-bond acceptors (Lipinski definition) is 2. The molecule has 3 nitrogen and oxygen atoms in total. The molecule has 3 aliphatic rings. The summed E-state index contributed by atoms with van der Waals surface area (Å²) >= 11 is 0. The Hall–Kier alpha value is -2.81. The van der Waals surface area contributed by atoms with E-state index in [9.17, 15) is 4.79 Å². The average Bonchev–Trinajstić information content (AvgIpc) is 3.18. The zero-order valence-corrected chi connectivity index (χ0v) is 16.0. The maximum Gasteiger partial charge on any atom is 0.410 e. The van der Waals surface area contributed by atoms with Gasteiger partial charge in [0.25, 0.3) is 0 Å². The summed E-state index contributed by atoms with van der Waals surface area (Å²) in [5, 5.41) is 0. The normalized spacial score (nSPS) is 22.6. The Labute approximate surface area is 166 Å². The third-order valence-electron chi connectivity index (χ3n) is 6.52. The number of carbonyl (C=O) groups excluding carboxylic acids is 1. The molecule has 2 heterocycles. The fraction of sp³-hybridized carbons (Fsp3) is 0.320. The van der Waals surface area contributed by atoms with Crippen molar-refractivity contribution >= 4 is 6.09 Å². The molecule has 0 saturated carbocycles. The summed E-state index contributed by atoms with van der Waals surface area (Å²) in [5.74, 6) is 0.120. The van der Waals surface area contributed by atoms with Gasteiger partial charge in [0.15, 0.2) is 0 Å². The summed E-state index contributed by atoms with van der Waals surface area (Å²) in [5.41, 5.74) is 6.45. The Morgan fingerprint density at radius 2 is 1.57 bits per heavy atom. The van der Waals surface area contributed by atoms with Crippen molar-refractivity contribution in [3.8, 4) is 11.1 Å². The largest absolute Gasteiger partial charge is 0.448 e. The standard InChI is InChI=1S/C25H25NO2/c1-2-7-17-14-18-12-13-19(15-17)26(18)25(27)28-16-24-22-10-5-3-8-20(22)21-9-4-6-11-23(21)24/h2-11,18-19,24H,1,12-16H2. The maximum absolute atomic E-state index is 13.0. The van der Waals surface area contributed by atoms with Gasteiger partial charge in [-0.05, 0) is 47.9 Å². The second kappa shape index (κ2) is 6.97. The molecule has 2 fully saturated rings. The smallest absolute Gasteiger partial charge is 0.410 e. The molecule has 2 bridgehead atoms. The second-order valence-corrected chi connectivity index (χ2v) is 8.07. The molecule has 2 atom stereocenters. The zero-order chi connectivity index (χ0) is 19.1. The zero-order valence-electron chi connectivity index (χ0n) is 16.0. The van der Waals surface area contributed by atoms with Crippen LogP contribution >= 0.6 is 0 Å². The van der Waals surface area contributed by atoms with E-state index >= 15 is 0 Å². The van der Waals surface area contributed by atoms with E-state index in [0.29, 0.717) is 6.61 Å². The molecule has 2 aromatic carbocycles. The van der Waals surface area contributed by atoms with Gasteiger partial charge >= 0.3 is 6.09 Å². The lowest BCUT2D eigenvalue weighted by Gasteiger charge is -2.35. The Morgan fingerprint density at radius 3 is 2.14 bits per heavy atom. The van der Waals surface area contributed by atoms with Gasteiger partial charge in [0.1, 0.15) is 6.61 Å². The number of carbonyl (C=O) groups is 1. The fourth-order valence-corrected chi connectivity index (χ4v) is 5.32. The number of rotatable bonds is 3. The van der Waals surface area contributed by atoms with Crippen LogP contribution in [0.4, 0.5) is 4.79 Å². The van der Waals surface area contributed by atoms with Crippen LogP contribution in [0.25, 0.3) is 11.1 Å². The van der Waals surface area contributed by atoms with Gasteiger partial charge in [-0.15, -0.1) is 0 Å².